The Kier molecular flexibility index (Phi) is 4.87. The number of nitrogens with zero attached hydrogens (tertiary/aromatic N) is 4. The van der Waals surface area contributed by atoms with E-state index in [1.54, 1.807) is 11.3 Å². The Morgan fingerprint density at radius 3 is 2.68 bits per heavy atom. The Morgan fingerprint density at radius 2 is 1.96 bits per heavy atom. The predicted octanol–water partition coefficient (Wildman–Crippen LogP) is 3.22. The van der Waals surface area contributed by atoms with Crippen molar-refractivity contribution in [3.8, 4) is 9.88 Å². The van der Waals surface area contributed by atoms with E-state index in [2.05, 4.69) is 14.9 Å². The predicted molar refractivity (Wildman–Crippen MR) is 101 cm³/mol. The van der Waals surface area contributed by atoms with E-state index in [0.717, 1.165) is 48.3 Å². The molecule has 5 nitrogen and oxygen atoms in total. The molecule has 0 atom stereocenters. The van der Waals surface area contributed by atoms with E-state index in [4.69, 9.17) is 0 Å². The summed E-state index contributed by atoms with van der Waals surface area (Å²) in [5, 5.41) is 4.82. The van der Waals surface area contributed by atoms with E-state index in [-0.39, 0.29) is 5.91 Å². The lowest BCUT2D eigenvalue weighted by molar-refractivity contribution is 0.0622. The number of thiophene rings is 1. The van der Waals surface area contributed by atoms with Gasteiger partial charge in [-0.1, -0.05) is 12.1 Å². The summed E-state index contributed by atoms with van der Waals surface area (Å²) >= 11 is 3.18. The molecule has 0 bridgehead atoms. The zero-order valence-corrected chi connectivity index (χ0v) is 15.3. The first kappa shape index (κ1) is 16.4. The second-order valence-corrected chi connectivity index (χ2v) is 7.71. The second-order valence-electron chi connectivity index (χ2n) is 5.90. The minimum Gasteiger partial charge on any atom is -0.335 e. The van der Waals surface area contributed by atoms with Gasteiger partial charge in [0.05, 0.1) is 10.6 Å². The highest BCUT2D eigenvalue weighted by molar-refractivity contribution is 7.20. The summed E-state index contributed by atoms with van der Waals surface area (Å²) in [6.45, 7) is 4.03. The summed E-state index contributed by atoms with van der Waals surface area (Å²) in [7, 11) is 0. The molecule has 4 rings (SSSR count). The number of hydrogen-bond donors (Lipinski definition) is 0. The van der Waals surface area contributed by atoms with E-state index in [1.807, 2.05) is 52.2 Å². The highest BCUT2D eigenvalue weighted by Crippen LogP contribution is 2.28. The van der Waals surface area contributed by atoms with Gasteiger partial charge in [0.15, 0.2) is 0 Å². The molecule has 0 unspecified atom stereocenters. The molecule has 0 saturated carbocycles. The van der Waals surface area contributed by atoms with Gasteiger partial charge in [-0.15, -0.1) is 22.7 Å². The molecular weight excluding hydrogens is 352 g/mol. The van der Waals surface area contributed by atoms with Gasteiger partial charge in [0, 0.05) is 44.3 Å². The average Bonchev–Trinajstić information content (AvgIpc) is 3.34. The zero-order chi connectivity index (χ0) is 17.1. The topological polar surface area (TPSA) is 49.3 Å². The van der Waals surface area contributed by atoms with Gasteiger partial charge in [-0.25, -0.2) is 4.98 Å². The van der Waals surface area contributed by atoms with E-state index in [1.165, 1.54) is 11.3 Å². The molecule has 1 saturated heterocycles. The molecule has 3 aromatic heterocycles. The van der Waals surface area contributed by atoms with Crippen LogP contribution >= 0.6 is 22.7 Å². The van der Waals surface area contributed by atoms with Crippen LogP contribution in [0, 0.1) is 0 Å². The maximum atomic E-state index is 12.7. The normalized spacial score (nSPS) is 15.4. The molecule has 1 aliphatic rings. The van der Waals surface area contributed by atoms with Gasteiger partial charge >= 0.3 is 0 Å². The molecule has 1 fully saturated rings. The maximum absolute atomic E-state index is 12.7. The van der Waals surface area contributed by atoms with Crippen molar-refractivity contribution in [3.63, 3.8) is 0 Å². The third-order valence-corrected chi connectivity index (χ3v) is 6.11. The van der Waals surface area contributed by atoms with Crippen LogP contribution < -0.4 is 0 Å². The molecule has 1 aliphatic heterocycles. The number of pyridine rings is 1. The Balaban J connectivity index is 1.35. The number of rotatable bonds is 4. The number of thiazole rings is 1. The van der Waals surface area contributed by atoms with Gasteiger partial charge in [0.1, 0.15) is 10.7 Å². The second kappa shape index (κ2) is 7.43. The third-order valence-electron chi connectivity index (χ3n) is 4.23. The minimum absolute atomic E-state index is 0.0385. The van der Waals surface area contributed by atoms with Crippen LogP contribution in [0.25, 0.3) is 9.88 Å². The van der Waals surface area contributed by atoms with Crippen LogP contribution in [0.15, 0.2) is 47.3 Å². The van der Waals surface area contributed by atoms with Crippen molar-refractivity contribution < 1.29 is 4.79 Å². The average molecular weight is 371 g/mol. The fourth-order valence-corrected chi connectivity index (χ4v) is 4.49. The summed E-state index contributed by atoms with van der Waals surface area (Å²) in [6, 6.07) is 10.0. The number of amides is 1. The molecule has 0 aliphatic carbocycles. The summed E-state index contributed by atoms with van der Waals surface area (Å²) in [5.41, 5.74) is 1.63. The highest BCUT2D eigenvalue weighted by Gasteiger charge is 2.24. The molecule has 1 amide bonds. The SMILES string of the molecule is O=C(c1csc(-c2cccs2)n1)N1CCN(Cc2ccccn2)CC1. The van der Waals surface area contributed by atoms with Crippen molar-refractivity contribution in [1.29, 1.82) is 0 Å². The first-order valence-electron chi connectivity index (χ1n) is 8.20. The van der Waals surface area contributed by atoms with Crippen LogP contribution in [-0.4, -0.2) is 51.9 Å². The molecule has 0 aromatic carbocycles. The summed E-state index contributed by atoms with van der Waals surface area (Å²) in [4.78, 5) is 26.9. The fourth-order valence-electron chi connectivity index (χ4n) is 2.88. The lowest BCUT2D eigenvalue weighted by Crippen LogP contribution is -2.48. The monoisotopic (exact) mass is 370 g/mol. The van der Waals surface area contributed by atoms with Crippen LogP contribution in [0.4, 0.5) is 0 Å². The van der Waals surface area contributed by atoms with E-state index in [0.29, 0.717) is 5.69 Å². The molecule has 128 valence electrons. The van der Waals surface area contributed by atoms with Crippen molar-refractivity contribution in [2.24, 2.45) is 0 Å². The molecule has 0 N–H and O–H groups in total. The van der Waals surface area contributed by atoms with Gasteiger partial charge < -0.3 is 4.90 Å². The number of hydrogen-bond acceptors (Lipinski definition) is 6. The summed E-state index contributed by atoms with van der Waals surface area (Å²) in [6.07, 6.45) is 1.82. The van der Waals surface area contributed by atoms with Crippen molar-refractivity contribution in [2.45, 2.75) is 6.54 Å². The van der Waals surface area contributed by atoms with Crippen LogP contribution in [0.5, 0.6) is 0 Å². The molecular formula is C18H18N4OS2. The van der Waals surface area contributed by atoms with E-state index in [9.17, 15) is 4.79 Å². The van der Waals surface area contributed by atoms with Gasteiger partial charge in [-0.2, -0.15) is 0 Å². The van der Waals surface area contributed by atoms with Gasteiger partial charge in [0.25, 0.3) is 5.91 Å². The molecule has 3 aromatic rings. The first-order chi connectivity index (χ1) is 12.3. The lowest BCUT2D eigenvalue weighted by Gasteiger charge is -2.34. The van der Waals surface area contributed by atoms with Crippen LogP contribution in [0.2, 0.25) is 0 Å². The van der Waals surface area contributed by atoms with Gasteiger partial charge in [-0.05, 0) is 23.6 Å². The zero-order valence-electron chi connectivity index (χ0n) is 13.7. The van der Waals surface area contributed by atoms with E-state index >= 15 is 0 Å². The van der Waals surface area contributed by atoms with Gasteiger partial charge in [-0.3, -0.25) is 14.7 Å². The van der Waals surface area contributed by atoms with Crippen molar-refractivity contribution >= 4 is 28.6 Å². The van der Waals surface area contributed by atoms with Crippen molar-refractivity contribution in [2.75, 3.05) is 26.2 Å². The Morgan fingerprint density at radius 1 is 1.08 bits per heavy atom. The number of piperazine rings is 1. The quantitative estimate of drug-likeness (QED) is 0.707. The van der Waals surface area contributed by atoms with Crippen molar-refractivity contribution in [3.05, 3.63) is 58.7 Å². The number of carbonyl (C=O) groups excluding carboxylic acids is 1. The molecule has 7 heteroatoms. The third kappa shape index (κ3) is 3.78. The lowest BCUT2D eigenvalue weighted by atomic mass is 10.2. The summed E-state index contributed by atoms with van der Waals surface area (Å²) < 4.78 is 0. The minimum atomic E-state index is 0.0385. The van der Waals surface area contributed by atoms with Crippen LogP contribution in [-0.2, 0) is 6.54 Å². The highest BCUT2D eigenvalue weighted by atomic mass is 32.1. The molecule has 0 radical (unpaired) electrons. The first-order valence-corrected chi connectivity index (χ1v) is 9.96. The molecule has 0 spiro atoms. The Bertz CT molecular complexity index is 824. The van der Waals surface area contributed by atoms with Crippen LogP contribution in [0.3, 0.4) is 0 Å². The fraction of sp³-hybridized carbons (Fsp3) is 0.278. The van der Waals surface area contributed by atoms with Crippen LogP contribution in [0.1, 0.15) is 16.2 Å². The van der Waals surface area contributed by atoms with E-state index < -0.39 is 0 Å². The number of aromatic nitrogens is 2. The van der Waals surface area contributed by atoms with Crippen molar-refractivity contribution in [1.82, 2.24) is 19.8 Å². The Hall–Kier alpha value is -2.09. The maximum Gasteiger partial charge on any atom is 0.273 e. The standard InChI is InChI=1S/C18H18N4OS2/c23-18(15-13-25-17(20-15)16-5-3-11-24-16)22-9-7-21(8-10-22)12-14-4-1-2-6-19-14/h1-6,11,13H,7-10,12H2. The smallest absolute Gasteiger partial charge is 0.273 e. The molecule has 25 heavy (non-hydrogen) atoms. The van der Waals surface area contributed by atoms with Gasteiger partial charge in [0.2, 0.25) is 0 Å². The largest absolute Gasteiger partial charge is 0.335 e. The Labute approximate surface area is 154 Å². The number of carbonyl (C=O) groups is 1. The molecule has 4 heterocycles. The summed E-state index contributed by atoms with van der Waals surface area (Å²) in [5.74, 6) is 0.0385.